The van der Waals surface area contributed by atoms with E-state index < -0.39 is 11.9 Å². The van der Waals surface area contributed by atoms with Gasteiger partial charge in [0, 0.05) is 13.6 Å². The van der Waals surface area contributed by atoms with Gasteiger partial charge in [-0.15, -0.1) is 0 Å². The van der Waals surface area contributed by atoms with E-state index in [1.807, 2.05) is 30.3 Å². The summed E-state index contributed by atoms with van der Waals surface area (Å²) in [5.41, 5.74) is 1.95. The molecule has 0 aliphatic rings. The highest BCUT2D eigenvalue weighted by Gasteiger charge is 2.16. The number of aliphatic hydroxyl groups is 1. The molecule has 0 aliphatic carbocycles. The molecule has 0 radical (unpaired) electrons. The Hall–Kier alpha value is -2.86. The molecular weight excluding hydrogens is 308 g/mol. The lowest BCUT2D eigenvalue weighted by atomic mass is 10.1. The van der Waals surface area contributed by atoms with Crippen LogP contribution in [0, 0.1) is 0 Å². The van der Waals surface area contributed by atoms with Crippen LogP contribution in [0.5, 0.6) is 0 Å². The summed E-state index contributed by atoms with van der Waals surface area (Å²) >= 11 is 0. The fraction of sp³-hybridized carbons (Fsp3) is 0.222. The fourth-order valence-electron chi connectivity index (χ4n) is 2.59. The number of hydrogen-bond donors (Lipinski definition) is 2. The molecule has 0 saturated carbocycles. The lowest BCUT2D eigenvalue weighted by Crippen LogP contribution is -2.25. The molecule has 1 aromatic heterocycles. The minimum absolute atomic E-state index is 0.270. The van der Waals surface area contributed by atoms with Gasteiger partial charge in [0.1, 0.15) is 0 Å². The van der Waals surface area contributed by atoms with E-state index in [1.54, 1.807) is 25.2 Å². The van der Waals surface area contributed by atoms with Gasteiger partial charge in [0.05, 0.1) is 17.2 Å². The Labute approximate surface area is 138 Å². The second-order valence-electron chi connectivity index (χ2n) is 5.55. The predicted octanol–water partition coefficient (Wildman–Crippen LogP) is 1.98. The van der Waals surface area contributed by atoms with Gasteiger partial charge < -0.3 is 14.8 Å². The van der Waals surface area contributed by atoms with Gasteiger partial charge in [-0.1, -0.05) is 36.4 Å². The molecule has 0 fully saturated rings. The number of benzene rings is 2. The number of nitrogens with zero attached hydrogens (tertiary/aromatic N) is 1. The van der Waals surface area contributed by atoms with Crippen molar-refractivity contribution in [3.05, 3.63) is 70.2 Å². The van der Waals surface area contributed by atoms with E-state index in [9.17, 15) is 14.7 Å². The third-order valence-corrected chi connectivity index (χ3v) is 3.95. The van der Waals surface area contributed by atoms with Crippen molar-refractivity contribution in [2.24, 2.45) is 7.05 Å². The lowest BCUT2D eigenvalue weighted by Gasteiger charge is -2.11. The summed E-state index contributed by atoms with van der Waals surface area (Å²) in [5.74, 6) is -0.847. The van der Waals surface area contributed by atoms with Gasteiger partial charge in [0.25, 0.3) is 5.91 Å². The van der Waals surface area contributed by atoms with Crippen LogP contribution in [-0.2, 0) is 7.05 Å². The summed E-state index contributed by atoms with van der Waals surface area (Å²) in [6.07, 6.45) is -0.248. The molecule has 3 aromatic rings. The predicted molar refractivity (Wildman–Crippen MR) is 89.8 cm³/mol. The van der Waals surface area contributed by atoms with Crippen molar-refractivity contribution in [1.29, 1.82) is 0 Å². The number of oxazole rings is 1. The Bertz CT molecular complexity index is 912. The quantitative estimate of drug-likeness (QED) is 0.751. The van der Waals surface area contributed by atoms with Crippen molar-refractivity contribution in [3.8, 4) is 0 Å². The van der Waals surface area contributed by atoms with Crippen molar-refractivity contribution < 1.29 is 14.3 Å². The Morgan fingerprint density at radius 2 is 1.96 bits per heavy atom. The summed E-state index contributed by atoms with van der Waals surface area (Å²) in [4.78, 5) is 23.9. The monoisotopic (exact) mass is 326 g/mol. The number of nitrogens with one attached hydrogen (secondary N) is 1. The van der Waals surface area contributed by atoms with E-state index in [4.69, 9.17) is 4.42 Å². The zero-order chi connectivity index (χ0) is 17.1. The molecule has 1 atom stereocenters. The van der Waals surface area contributed by atoms with Gasteiger partial charge >= 0.3 is 5.76 Å². The molecule has 3 rings (SSSR count). The maximum atomic E-state index is 12.3. The summed E-state index contributed by atoms with van der Waals surface area (Å²) < 4.78 is 6.50. The lowest BCUT2D eigenvalue weighted by molar-refractivity contribution is 0.0943. The number of aliphatic hydroxyl groups excluding tert-OH is 1. The average Bonchev–Trinajstić information content (AvgIpc) is 2.90. The standard InChI is InChI=1S/C18H18N2O4/c1-20-14-9-5-8-13(16(14)24-18(20)23)17(22)19-11-10-15(21)12-6-3-2-4-7-12/h2-9,15,21H,10-11H2,1H3,(H,19,22). The van der Waals surface area contributed by atoms with Crippen LogP contribution < -0.4 is 11.1 Å². The molecule has 24 heavy (non-hydrogen) atoms. The third-order valence-electron chi connectivity index (χ3n) is 3.95. The normalized spacial score (nSPS) is 12.2. The summed E-state index contributed by atoms with van der Waals surface area (Å²) in [6.45, 7) is 0.308. The molecule has 0 bridgehead atoms. The van der Waals surface area contributed by atoms with Crippen LogP contribution in [0.3, 0.4) is 0 Å². The van der Waals surface area contributed by atoms with Crippen molar-refractivity contribution in [2.45, 2.75) is 12.5 Å². The number of para-hydroxylation sites is 1. The molecule has 0 aliphatic heterocycles. The molecule has 1 heterocycles. The Morgan fingerprint density at radius 3 is 2.71 bits per heavy atom. The number of carbonyl (C=O) groups is 1. The zero-order valence-corrected chi connectivity index (χ0v) is 13.2. The van der Waals surface area contributed by atoms with Gasteiger partial charge in [-0.05, 0) is 24.1 Å². The highest BCUT2D eigenvalue weighted by Crippen LogP contribution is 2.18. The fourth-order valence-corrected chi connectivity index (χ4v) is 2.59. The van der Waals surface area contributed by atoms with Crippen LogP contribution >= 0.6 is 0 Å². The number of amides is 1. The van der Waals surface area contributed by atoms with Gasteiger partial charge in [-0.3, -0.25) is 9.36 Å². The molecule has 0 spiro atoms. The van der Waals surface area contributed by atoms with Crippen LogP contribution in [0.15, 0.2) is 57.7 Å². The first-order chi connectivity index (χ1) is 11.6. The largest absolute Gasteiger partial charge is 0.419 e. The second-order valence-corrected chi connectivity index (χ2v) is 5.55. The smallest absolute Gasteiger partial charge is 0.407 e. The van der Waals surface area contributed by atoms with Crippen molar-refractivity contribution in [1.82, 2.24) is 9.88 Å². The highest BCUT2D eigenvalue weighted by atomic mass is 16.4. The Kier molecular flexibility index (Phi) is 4.48. The summed E-state index contributed by atoms with van der Waals surface area (Å²) in [5, 5.41) is 12.9. The maximum Gasteiger partial charge on any atom is 0.419 e. The number of aromatic nitrogens is 1. The van der Waals surface area contributed by atoms with Crippen LogP contribution in [0.4, 0.5) is 0 Å². The van der Waals surface area contributed by atoms with E-state index in [0.29, 0.717) is 24.0 Å². The Morgan fingerprint density at radius 1 is 1.21 bits per heavy atom. The molecule has 124 valence electrons. The number of fused-ring (bicyclic) bond motifs is 1. The minimum Gasteiger partial charge on any atom is -0.407 e. The van der Waals surface area contributed by atoms with Gasteiger partial charge in [-0.2, -0.15) is 0 Å². The van der Waals surface area contributed by atoms with Crippen LogP contribution in [-0.4, -0.2) is 22.1 Å². The molecule has 2 N–H and O–H groups in total. The van der Waals surface area contributed by atoms with Crippen molar-refractivity contribution in [3.63, 3.8) is 0 Å². The maximum absolute atomic E-state index is 12.3. The van der Waals surface area contributed by atoms with Crippen molar-refractivity contribution >= 4 is 17.0 Å². The van der Waals surface area contributed by atoms with E-state index in [-0.39, 0.29) is 11.5 Å². The molecule has 0 saturated heterocycles. The number of aryl methyl sites for hydroxylation is 1. The molecule has 2 aromatic carbocycles. The third kappa shape index (κ3) is 3.09. The van der Waals surface area contributed by atoms with E-state index in [2.05, 4.69) is 5.32 Å². The summed E-state index contributed by atoms with van der Waals surface area (Å²) in [6, 6.07) is 14.3. The molecule has 6 nitrogen and oxygen atoms in total. The average molecular weight is 326 g/mol. The first-order valence-corrected chi connectivity index (χ1v) is 7.67. The van der Waals surface area contributed by atoms with Crippen LogP contribution in [0.25, 0.3) is 11.1 Å². The molecular formula is C18H18N2O4. The molecule has 1 unspecified atom stereocenters. The van der Waals surface area contributed by atoms with E-state index in [1.165, 1.54) is 4.57 Å². The second kappa shape index (κ2) is 6.72. The topological polar surface area (TPSA) is 84.5 Å². The van der Waals surface area contributed by atoms with Crippen LogP contribution in [0.1, 0.15) is 28.4 Å². The molecule has 6 heteroatoms. The highest BCUT2D eigenvalue weighted by molar-refractivity contribution is 6.04. The first-order valence-electron chi connectivity index (χ1n) is 7.67. The van der Waals surface area contributed by atoms with Crippen LogP contribution in [0.2, 0.25) is 0 Å². The van der Waals surface area contributed by atoms with Crippen molar-refractivity contribution in [2.75, 3.05) is 6.54 Å². The number of rotatable bonds is 5. The van der Waals surface area contributed by atoms with E-state index in [0.717, 1.165) is 5.56 Å². The van der Waals surface area contributed by atoms with E-state index >= 15 is 0 Å². The molecule has 1 amide bonds. The number of carbonyl (C=O) groups excluding carboxylic acids is 1. The SMILES string of the molecule is Cn1c(=O)oc2c(C(=O)NCCC(O)c3ccccc3)cccc21. The number of hydrogen-bond acceptors (Lipinski definition) is 4. The minimum atomic E-state index is -0.642. The van der Waals surface area contributed by atoms with Gasteiger partial charge in [0.15, 0.2) is 5.58 Å². The summed E-state index contributed by atoms with van der Waals surface area (Å²) in [7, 11) is 1.59. The van der Waals surface area contributed by atoms with Gasteiger partial charge in [0.2, 0.25) is 0 Å². The zero-order valence-electron chi connectivity index (χ0n) is 13.2. The first kappa shape index (κ1) is 16.0. The van der Waals surface area contributed by atoms with Gasteiger partial charge in [-0.25, -0.2) is 4.79 Å². The Balaban J connectivity index is 1.68.